The Morgan fingerprint density at radius 1 is 1.26 bits per heavy atom. The molecule has 5 rings (SSSR count). The normalized spacial score (nSPS) is 12.9. The van der Waals surface area contributed by atoms with Crippen molar-refractivity contribution in [3.8, 4) is 5.69 Å². The second-order valence-corrected chi connectivity index (χ2v) is 8.40. The average molecular weight is 471 g/mol. The van der Waals surface area contributed by atoms with Crippen LogP contribution in [-0.2, 0) is 24.3 Å². The predicted octanol–water partition coefficient (Wildman–Crippen LogP) is 2.54. The van der Waals surface area contributed by atoms with E-state index in [0.29, 0.717) is 28.5 Å². The quantitative estimate of drug-likeness (QED) is 0.417. The number of nitrogens with zero attached hydrogens (tertiary/aromatic N) is 6. The average Bonchev–Trinajstić information content (AvgIpc) is 3.14. The minimum absolute atomic E-state index is 0.148. The second-order valence-electron chi connectivity index (χ2n) is 8.40. The van der Waals surface area contributed by atoms with Crippen molar-refractivity contribution in [3.63, 3.8) is 0 Å². The summed E-state index contributed by atoms with van der Waals surface area (Å²) >= 11 is 0. The maximum absolute atomic E-state index is 13.2. The van der Waals surface area contributed by atoms with E-state index in [-0.39, 0.29) is 18.0 Å². The van der Waals surface area contributed by atoms with Gasteiger partial charge in [-0.05, 0) is 42.3 Å². The van der Waals surface area contributed by atoms with Crippen LogP contribution >= 0.6 is 0 Å². The number of aromatic nitrogens is 5. The molecule has 2 N–H and O–H groups in total. The summed E-state index contributed by atoms with van der Waals surface area (Å²) in [5, 5.41) is 7.03. The summed E-state index contributed by atoms with van der Waals surface area (Å²) in [6.45, 7) is 7.35. The molecule has 10 nitrogen and oxygen atoms in total. The number of anilines is 3. The van der Waals surface area contributed by atoms with E-state index in [1.807, 2.05) is 6.07 Å². The van der Waals surface area contributed by atoms with Gasteiger partial charge < -0.3 is 15.5 Å². The fourth-order valence-corrected chi connectivity index (χ4v) is 4.21. The number of hydrogen-bond acceptors (Lipinski definition) is 7. The molecule has 4 heterocycles. The van der Waals surface area contributed by atoms with Crippen LogP contribution in [0.15, 0.2) is 60.2 Å². The van der Waals surface area contributed by atoms with Crippen LogP contribution < -0.4 is 21.1 Å². The van der Waals surface area contributed by atoms with E-state index in [1.165, 1.54) is 33.8 Å². The van der Waals surface area contributed by atoms with E-state index >= 15 is 0 Å². The van der Waals surface area contributed by atoms with Crippen LogP contribution in [0.3, 0.4) is 0 Å². The lowest BCUT2D eigenvalue weighted by Crippen LogP contribution is -2.25. The number of hydrogen-bond donors (Lipinski definition) is 2. The lowest BCUT2D eigenvalue weighted by molar-refractivity contribution is -0.116. The minimum Gasteiger partial charge on any atom is -0.324 e. The topological polar surface area (TPSA) is 110 Å². The van der Waals surface area contributed by atoms with Crippen molar-refractivity contribution in [1.29, 1.82) is 0 Å². The zero-order chi connectivity index (χ0) is 24.5. The molecule has 0 aliphatic carbocycles. The summed E-state index contributed by atoms with van der Waals surface area (Å²) in [6, 6.07) is 9.73. The highest BCUT2D eigenvalue weighted by Crippen LogP contribution is 2.23. The molecule has 0 atom stereocenters. The molecule has 3 aromatic heterocycles. The Kier molecular flexibility index (Phi) is 5.87. The van der Waals surface area contributed by atoms with Gasteiger partial charge in [0.15, 0.2) is 5.65 Å². The maximum Gasteiger partial charge on any atom is 0.278 e. The molecule has 10 heteroatoms. The van der Waals surface area contributed by atoms with Crippen LogP contribution in [0.1, 0.15) is 18.1 Å². The molecular formula is C25H26N8O2. The maximum atomic E-state index is 13.2. The predicted molar refractivity (Wildman–Crippen MR) is 135 cm³/mol. The van der Waals surface area contributed by atoms with Gasteiger partial charge in [0.25, 0.3) is 5.56 Å². The fraction of sp³-hybridized carbons (Fsp3) is 0.240. The number of allylic oxidation sites excluding steroid dienone is 1. The Morgan fingerprint density at radius 2 is 2.11 bits per heavy atom. The standard InChI is InChI=1S/C25H26N8O2/c1-4-11-32-24(35)21-15-28-25(29-19-6-5-18-14-26-9-7-17(18)12-19)30-23(21)33(32)20-8-10-27-22(13-20)31(3)16(2)34/h4-6,8,10,12-13,15,26H,1,7,9,11,14H2,2-3H3,(H,28,29,30). The SMILES string of the molecule is C=CCn1c(=O)c2cnc(Nc3ccc4c(c3)CCNC4)nc2n1-c1ccnc(N(C)C(C)=O)c1. The number of pyridine rings is 1. The van der Waals surface area contributed by atoms with E-state index in [9.17, 15) is 9.59 Å². The van der Waals surface area contributed by atoms with Gasteiger partial charge in [-0.15, -0.1) is 6.58 Å². The van der Waals surface area contributed by atoms with Crippen LogP contribution in [0.4, 0.5) is 17.5 Å². The first-order valence-corrected chi connectivity index (χ1v) is 11.4. The smallest absolute Gasteiger partial charge is 0.278 e. The third-order valence-electron chi connectivity index (χ3n) is 6.12. The van der Waals surface area contributed by atoms with Crippen LogP contribution in [-0.4, -0.2) is 43.8 Å². The number of rotatable bonds is 6. The van der Waals surface area contributed by atoms with Crippen molar-refractivity contribution in [2.45, 2.75) is 26.4 Å². The monoisotopic (exact) mass is 470 g/mol. The number of carbonyl (C=O) groups is 1. The molecule has 0 bridgehead atoms. The third kappa shape index (κ3) is 4.19. The summed E-state index contributed by atoms with van der Waals surface area (Å²) < 4.78 is 3.25. The highest BCUT2D eigenvalue weighted by Gasteiger charge is 2.19. The number of carbonyl (C=O) groups excluding carboxylic acids is 1. The lowest BCUT2D eigenvalue weighted by Gasteiger charge is -2.18. The van der Waals surface area contributed by atoms with Gasteiger partial charge in [-0.2, -0.15) is 4.98 Å². The van der Waals surface area contributed by atoms with E-state index in [1.54, 1.807) is 36.1 Å². The van der Waals surface area contributed by atoms with E-state index < -0.39 is 0 Å². The van der Waals surface area contributed by atoms with Crippen molar-refractivity contribution >= 4 is 34.4 Å². The largest absolute Gasteiger partial charge is 0.324 e. The van der Waals surface area contributed by atoms with Gasteiger partial charge in [0.2, 0.25) is 11.9 Å². The number of fused-ring (bicyclic) bond motifs is 2. The van der Waals surface area contributed by atoms with Crippen molar-refractivity contribution in [2.24, 2.45) is 0 Å². The molecule has 0 unspecified atom stereocenters. The molecule has 4 aromatic rings. The molecule has 1 aliphatic heterocycles. The Labute approximate surface area is 201 Å². The van der Waals surface area contributed by atoms with Crippen molar-refractivity contribution < 1.29 is 4.79 Å². The molecule has 1 aliphatic rings. The highest BCUT2D eigenvalue weighted by atomic mass is 16.2. The number of nitrogens with one attached hydrogen (secondary N) is 2. The van der Waals surface area contributed by atoms with E-state index in [4.69, 9.17) is 4.98 Å². The van der Waals surface area contributed by atoms with Crippen molar-refractivity contribution in [3.05, 3.63) is 76.9 Å². The molecule has 178 valence electrons. The summed E-state index contributed by atoms with van der Waals surface area (Å²) in [5.74, 6) is 0.696. The van der Waals surface area contributed by atoms with Crippen molar-refractivity contribution in [1.82, 2.24) is 29.6 Å². The first kappa shape index (κ1) is 22.5. The van der Waals surface area contributed by atoms with E-state index in [0.717, 1.165) is 25.2 Å². The second kappa shape index (κ2) is 9.15. The fourth-order valence-electron chi connectivity index (χ4n) is 4.21. The molecule has 0 spiro atoms. The zero-order valence-corrected chi connectivity index (χ0v) is 19.7. The van der Waals surface area contributed by atoms with Crippen LogP contribution in [0, 0.1) is 0 Å². The Balaban J connectivity index is 1.61. The van der Waals surface area contributed by atoms with Crippen LogP contribution in [0.25, 0.3) is 16.7 Å². The molecule has 1 amide bonds. The molecule has 0 saturated carbocycles. The first-order chi connectivity index (χ1) is 17.0. The molecule has 0 fully saturated rings. The zero-order valence-electron chi connectivity index (χ0n) is 19.7. The van der Waals surface area contributed by atoms with Gasteiger partial charge in [-0.25, -0.2) is 19.3 Å². The first-order valence-electron chi connectivity index (χ1n) is 11.4. The van der Waals surface area contributed by atoms with Gasteiger partial charge in [0, 0.05) is 44.7 Å². The molecule has 0 saturated heterocycles. The van der Waals surface area contributed by atoms with Gasteiger partial charge >= 0.3 is 0 Å². The Morgan fingerprint density at radius 3 is 2.91 bits per heavy atom. The minimum atomic E-state index is -0.231. The van der Waals surface area contributed by atoms with Crippen LogP contribution in [0.5, 0.6) is 0 Å². The van der Waals surface area contributed by atoms with E-state index in [2.05, 4.69) is 39.3 Å². The molecule has 1 aromatic carbocycles. The van der Waals surface area contributed by atoms with Gasteiger partial charge in [-0.1, -0.05) is 12.1 Å². The third-order valence-corrected chi connectivity index (χ3v) is 6.12. The number of benzene rings is 1. The van der Waals surface area contributed by atoms with Gasteiger partial charge in [0.05, 0.1) is 12.2 Å². The summed E-state index contributed by atoms with van der Waals surface area (Å²) in [7, 11) is 1.65. The Hall–Kier alpha value is -4.31. The van der Waals surface area contributed by atoms with Crippen molar-refractivity contribution in [2.75, 3.05) is 23.8 Å². The van der Waals surface area contributed by atoms with Gasteiger partial charge in [-0.3, -0.25) is 9.59 Å². The summed E-state index contributed by atoms with van der Waals surface area (Å²) in [4.78, 5) is 39.9. The lowest BCUT2D eigenvalue weighted by atomic mass is 10.0. The number of amides is 1. The summed E-state index contributed by atoms with van der Waals surface area (Å²) in [5.41, 5.74) is 4.33. The summed E-state index contributed by atoms with van der Waals surface area (Å²) in [6.07, 6.45) is 5.75. The van der Waals surface area contributed by atoms with Gasteiger partial charge in [0.1, 0.15) is 11.2 Å². The molecule has 35 heavy (non-hydrogen) atoms. The Bertz CT molecular complexity index is 1500. The molecular weight excluding hydrogens is 444 g/mol. The molecule has 0 radical (unpaired) electrons. The highest BCUT2D eigenvalue weighted by molar-refractivity contribution is 5.90. The van der Waals surface area contributed by atoms with Crippen LogP contribution in [0.2, 0.25) is 0 Å².